The molecule has 2 aliphatic heterocycles. The number of morpholine rings is 1. The van der Waals surface area contributed by atoms with Gasteiger partial charge in [-0.25, -0.2) is 0 Å². The van der Waals surface area contributed by atoms with Gasteiger partial charge in [0.25, 0.3) is 0 Å². The van der Waals surface area contributed by atoms with Crippen LogP contribution >= 0.6 is 0 Å². The standard InChI is InChI=1S/C23H36N2O3/c26-21(17-24-12-6-1-7-13-24)18-27-22-9-3-2-8-20(22)16-25-14-15-28-23(19-25)10-4-5-11-23/h2-3,8-9,21,26H,1,4-7,10-19H2/t21-/m0/s1. The number of rotatable bonds is 7. The van der Waals surface area contributed by atoms with Crippen LogP contribution in [0.25, 0.3) is 0 Å². The molecule has 0 bridgehead atoms. The van der Waals surface area contributed by atoms with Crippen molar-refractivity contribution in [2.45, 2.75) is 63.2 Å². The maximum Gasteiger partial charge on any atom is 0.123 e. The minimum absolute atomic E-state index is 0.0959. The molecule has 1 saturated carbocycles. The first-order chi connectivity index (χ1) is 13.7. The van der Waals surface area contributed by atoms with Crippen molar-refractivity contribution < 1.29 is 14.6 Å². The molecule has 1 atom stereocenters. The van der Waals surface area contributed by atoms with Crippen molar-refractivity contribution >= 4 is 0 Å². The second-order valence-corrected chi connectivity index (χ2v) is 8.88. The molecule has 5 nitrogen and oxygen atoms in total. The number of hydrogen-bond acceptors (Lipinski definition) is 5. The number of aliphatic hydroxyl groups excluding tert-OH is 1. The molecule has 0 amide bonds. The topological polar surface area (TPSA) is 45.2 Å². The van der Waals surface area contributed by atoms with E-state index in [0.717, 1.165) is 45.1 Å². The molecule has 0 radical (unpaired) electrons. The Morgan fingerprint density at radius 2 is 1.79 bits per heavy atom. The van der Waals surface area contributed by atoms with E-state index in [2.05, 4.69) is 21.9 Å². The SMILES string of the molecule is O[C@H](COc1ccccc1CN1CCOC2(CCCC2)C1)CN1CCCCC1. The number of β-amino-alcohol motifs (C(OH)–C–C–N with tert-alkyl or cyclic N) is 1. The van der Waals surface area contributed by atoms with Crippen molar-refractivity contribution in [1.82, 2.24) is 9.80 Å². The monoisotopic (exact) mass is 388 g/mol. The lowest BCUT2D eigenvalue weighted by atomic mass is 9.99. The van der Waals surface area contributed by atoms with Crippen LogP contribution < -0.4 is 4.74 Å². The molecule has 1 aliphatic carbocycles. The van der Waals surface area contributed by atoms with Crippen LogP contribution in [0.15, 0.2) is 24.3 Å². The Hall–Kier alpha value is -1.14. The van der Waals surface area contributed by atoms with Crippen LogP contribution in [-0.4, -0.2) is 72.5 Å². The number of benzene rings is 1. The van der Waals surface area contributed by atoms with Crippen molar-refractivity contribution in [3.05, 3.63) is 29.8 Å². The fraction of sp³-hybridized carbons (Fsp3) is 0.739. The van der Waals surface area contributed by atoms with E-state index in [0.29, 0.717) is 13.2 Å². The van der Waals surface area contributed by atoms with E-state index in [1.54, 1.807) is 0 Å². The smallest absolute Gasteiger partial charge is 0.123 e. The Morgan fingerprint density at radius 1 is 1.00 bits per heavy atom. The van der Waals surface area contributed by atoms with E-state index in [1.165, 1.54) is 50.5 Å². The molecule has 4 rings (SSSR count). The second-order valence-electron chi connectivity index (χ2n) is 8.88. The largest absolute Gasteiger partial charge is 0.491 e. The van der Waals surface area contributed by atoms with Crippen LogP contribution in [0.4, 0.5) is 0 Å². The zero-order chi connectivity index (χ0) is 19.2. The molecule has 1 aromatic carbocycles. The minimum atomic E-state index is -0.434. The average Bonchev–Trinajstić information content (AvgIpc) is 3.15. The van der Waals surface area contributed by atoms with Gasteiger partial charge in [0.15, 0.2) is 0 Å². The fourth-order valence-corrected chi connectivity index (χ4v) is 5.08. The lowest BCUT2D eigenvalue weighted by Crippen LogP contribution is -2.49. The highest BCUT2D eigenvalue weighted by molar-refractivity contribution is 5.33. The summed E-state index contributed by atoms with van der Waals surface area (Å²) in [6.45, 7) is 7.02. The Labute approximate surface area is 169 Å². The summed E-state index contributed by atoms with van der Waals surface area (Å²) in [6.07, 6.45) is 8.37. The molecule has 0 unspecified atom stereocenters. The quantitative estimate of drug-likeness (QED) is 0.778. The number of likely N-dealkylation sites (tertiary alicyclic amines) is 1. The van der Waals surface area contributed by atoms with Crippen LogP contribution in [0.3, 0.4) is 0 Å². The number of hydrogen-bond donors (Lipinski definition) is 1. The Morgan fingerprint density at radius 3 is 2.61 bits per heavy atom. The summed E-state index contributed by atoms with van der Waals surface area (Å²) in [4.78, 5) is 4.87. The van der Waals surface area contributed by atoms with E-state index < -0.39 is 6.10 Å². The first kappa shape index (κ1) is 20.1. The summed E-state index contributed by atoms with van der Waals surface area (Å²) in [6, 6.07) is 8.30. The molecule has 2 heterocycles. The van der Waals surface area contributed by atoms with Gasteiger partial charge in [-0.3, -0.25) is 4.90 Å². The predicted molar refractivity (Wildman–Crippen MR) is 111 cm³/mol. The van der Waals surface area contributed by atoms with Gasteiger partial charge in [0, 0.05) is 31.7 Å². The summed E-state index contributed by atoms with van der Waals surface area (Å²) in [5.41, 5.74) is 1.31. The second kappa shape index (κ2) is 9.57. The normalized spacial score (nSPS) is 24.5. The zero-order valence-corrected chi connectivity index (χ0v) is 17.2. The van der Waals surface area contributed by atoms with E-state index in [9.17, 15) is 5.11 Å². The molecule has 5 heteroatoms. The van der Waals surface area contributed by atoms with Crippen molar-refractivity contribution in [3.63, 3.8) is 0 Å². The highest BCUT2D eigenvalue weighted by Crippen LogP contribution is 2.36. The highest BCUT2D eigenvalue weighted by atomic mass is 16.5. The van der Waals surface area contributed by atoms with Crippen LogP contribution in [0.2, 0.25) is 0 Å². The maximum atomic E-state index is 10.4. The van der Waals surface area contributed by atoms with Gasteiger partial charge in [0.2, 0.25) is 0 Å². The number of piperidine rings is 1. The zero-order valence-electron chi connectivity index (χ0n) is 17.2. The third kappa shape index (κ3) is 5.26. The number of para-hydroxylation sites is 1. The summed E-state index contributed by atoms with van der Waals surface area (Å²) >= 11 is 0. The average molecular weight is 389 g/mol. The van der Waals surface area contributed by atoms with Gasteiger partial charge in [-0.15, -0.1) is 0 Å². The van der Waals surface area contributed by atoms with Gasteiger partial charge in [0.05, 0.1) is 12.2 Å². The van der Waals surface area contributed by atoms with Crippen molar-refractivity contribution in [1.29, 1.82) is 0 Å². The van der Waals surface area contributed by atoms with Crippen LogP contribution in [0.5, 0.6) is 5.75 Å². The number of aliphatic hydroxyl groups is 1. The Kier molecular flexibility index (Phi) is 6.89. The first-order valence-corrected chi connectivity index (χ1v) is 11.2. The molecule has 3 fully saturated rings. The van der Waals surface area contributed by atoms with Crippen LogP contribution in [-0.2, 0) is 11.3 Å². The molecule has 2 saturated heterocycles. The number of nitrogens with zero attached hydrogens (tertiary/aromatic N) is 2. The molecule has 1 aromatic rings. The van der Waals surface area contributed by atoms with Gasteiger partial charge in [-0.2, -0.15) is 0 Å². The third-order valence-electron chi connectivity index (χ3n) is 6.56. The van der Waals surface area contributed by atoms with E-state index >= 15 is 0 Å². The van der Waals surface area contributed by atoms with Gasteiger partial charge in [-0.05, 0) is 44.8 Å². The molecule has 28 heavy (non-hydrogen) atoms. The Balaban J connectivity index is 1.30. The highest BCUT2D eigenvalue weighted by Gasteiger charge is 2.39. The fourth-order valence-electron chi connectivity index (χ4n) is 5.08. The van der Waals surface area contributed by atoms with E-state index in [1.807, 2.05) is 12.1 Å². The molecular weight excluding hydrogens is 352 g/mol. The van der Waals surface area contributed by atoms with Gasteiger partial charge >= 0.3 is 0 Å². The van der Waals surface area contributed by atoms with Crippen molar-refractivity contribution in [2.24, 2.45) is 0 Å². The van der Waals surface area contributed by atoms with E-state index in [-0.39, 0.29) is 5.60 Å². The molecular formula is C23H36N2O3. The molecule has 3 aliphatic rings. The van der Waals surface area contributed by atoms with E-state index in [4.69, 9.17) is 9.47 Å². The summed E-state index contributed by atoms with van der Waals surface area (Å²) in [7, 11) is 0. The maximum absolute atomic E-state index is 10.4. The van der Waals surface area contributed by atoms with Crippen molar-refractivity contribution in [3.8, 4) is 5.75 Å². The van der Waals surface area contributed by atoms with Crippen molar-refractivity contribution in [2.75, 3.05) is 45.9 Å². The molecule has 1 spiro atoms. The number of ether oxygens (including phenoxy) is 2. The first-order valence-electron chi connectivity index (χ1n) is 11.2. The van der Waals surface area contributed by atoms with Gasteiger partial charge in [0.1, 0.15) is 18.5 Å². The van der Waals surface area contributed by atoms with Crippen LogP contribution in [0.1, 0.15) is 50.5 Å². The summed E-state index contributed by atoms with van der Waals surface area (Å²) in [5, 5.41) is 10.4. The molecule has 0 aromatic heterocycles. The lowest BCUT2D eigenvalue weighted by molar-refractivity contribution is -0.107. The predicted octanol–water partition coefficient (Wildman–Crippen LogP) is 3.06. The van der Waals surface area contributed by atoms with Gasteiger partial charge < -0.3 is 19.5 Å². The summed E-state index contributed by atoms with van der Waals surface area (Å²) < 4.78 is 12.2. The van der Waals surface area contributed by atoms with Crippen LogP contribution in [0, 0.1) is 0 Å². The molecule has 1 N–H and O–H groups in total. The lowest BCUT2D eigenvalue weighted by Gasteiger charge is -2.40. The third-order valence-corrected chi connectivity index (χ3v) is 6.56. The summed E-state index contributed by atoms with van der Waals surface area (Å²) in [5.74, 6) is 0.909. The Bertz CT molecular complexity index is 612. The van der Waals surface area contributed by atoms with Gasteiger partial charge in [-0.1, -0.05) is 37.5 Å². The molecule has 156 valence electrons. The minimum Gasteiger partial charge on any atom is -0.491 e.